The van der Waals surface area contributed by atoms with Crippen molar-refractivity contribution in [1.82, 2.24) is 10.3 Å². The number of anilines is 1. The average molecular weight is 375 g/mol. The van der Waals surface area contributed by atoms with Gasteiger partial charge in [-0.3, -0.25) is 4.79 Å². The molecule has 0 atom stereocenters. The molecule has 0 aliphatic carbocycles. The first kappa shape index (κ1) is 20.3. The van der Waals surface area contributed by atoms with Gasteiger partial charge in [0.05, 0.1) is 19.8 Å². The lowest BCUT2D eigenvalue weighted by Crippen LogP contribution is -2.37. The molecule has 1 saturated heterocycles. The number of hydrogen-bond acceptors (Lipinski definition) is 5. The lowest BCUT2D eigenvalue weighted by atomic mass is 10.1. The van der Waals surface area contributed by atoms with Gasteiger partial charge in [0, 0.05) is 26.1 Å². The summed E-state index contributed by atoms with van der Waals surface area (Å²) in [6, 6.07) is 1.79. The third kappa shape index (κ3) is 5.76. The molecule has 1 aliphatic rings. The van der Waals surface area contributed by atoms with Gasteiger partial charge in [-0.1, -0.05) is 0 Å². The molecule has 1 aromatic heterocycles. The summed E-state index contributed by atoms with van der Waals surface area (Å²) in [5, 5.41) is 2.52. The molecule has 1 aliphatic heterocycles. The van der Waals surface area contributed by atoms with Gasteiger partial charge < -0.3 is 19.7 Å². The Kier molecular flexibility index (Phi) is 7.07. The van der Waals surface area contributed by atoms with Crippen LogP contribution in [0.2, 0.25) is 0 Å². The van der Waals surface area contributed by atoms with Crippen LogP contribution in [0.4, 0.5) is 19.0 Å². The number of alkyl halides is 3. The molecule has 1 fully saturated rings. The number of amides is 1. The zero-order chi connectivity index (χ0) is 19.2. The number of pyridine rings is 1. The molecular formula is C17H24F3N3O3. The summed E-state index contributed by atoms with van der Waals surface area (Å²) in [6.45, 7) is 6.41. The van der Waals surface area contributed by atoms with Crippen molar-refractivity contribution in [3.8, 4) is 5.88 Å². The summed E-state index contributed by atoms with van der Waals surface area (Å²) < 4.78 is 47.4. The van der Waals surface area contributed by atoms with Crippen LogP contribution in [0.5, 0.6) is 5.88 Å². The van der Waals surface area contributed by atoms with E-state index in [9.17, 15) is 18.0 Å². The molecule has 1 N–H and O–H groups in total. The van der Waals surface area contributed by atoms with Crippen molar-refractivity contribution in [2.75, 3.05) is 44.4 Å². The minimum atomic E-state index is -4.22. The molecule has 9 heteroatoms. The maximum Gasteiger partial charge on any atom is 0.389 e. The van der Waals surface area contributed by atoms with E-state index >= 15 is 0 Å². The average Bonchev–Trinajstić information content (AvgIpc) is 2.58. The van der Waals surface area contributed by atoms with Crippen LogP contribution >= 0.6 is 0 Å². The fourth-order valence-electron chi connectivity index (χ4n) is 2.68. The Balaban J connectivity index is 2.11. The number of morpholine rings is 1. The second-order valence-electron chi connectivity index (χ2n) is 5.98. The zero-order valence-corrected chi connectivity index (χ0v) is 15.0. The standard InChI is InChI=1S/C17H24F3N3O3/c1-3-26-16-14(15(24)21-6-4-5-17(18,19)20)12(2)11-13(22-16)23-7-9-25-10-8-23/h11H,3-10H2,1-2H3,(H,21,24). The number of hydrogen-bond donors (Lipinski definition) is 1. The van der Waals surface area contributed by atoms with Crippen molar-refractivity contribution in [1.29, 1.82) is 0 Å². The highest BCUT2D eigenvalue weighted by molar-refractivity contribution is 5.98. The lowest BCUT2D eigenvalue weighted by Gasteiger charge is -2.28. The molecule has 0 radical (unpaired) electrons. The van der Waals surface area contributed by atoms with Crippen LogP contribution < -0.4 is 15.0 Å². The van der Waals surface area contributed by atoms with Gasteiger partial charge in [0.25, 0.3) is 5.91 Å². The quantitative estimate of drug-likeness (QED) is 0.743. The van der Waals surface area contributed by atoms with Crippen molar-refractivity contribution in [2.45, 2.75) is 32.9 Å². The van der Waals surface area contributed by atoms with E-state index in [4.69, 9.17) is 9.47 Å². The minimum Gasteiger partial charge on any atom is -0.477 e. The van der Waals surface area contributed by atoms with Crippen molar-refractivity contribution < 1.29 is 27.4 Å². The van der Waals surface area contributed by atoms with Crippen molar-refractivity contribution >= 4 is 11.7 Å². The Bertz CT molecular complexity index is 617. The third-order valence-electron chi connectivity index (χ3n) is 3.94. The van der Waals surface area contributed by atoms with E-state index in [1.807, 2.05) is 4.90 Å². The van der Waals surface area contributed by atoms with Gasteiger partial charge in [-0.05, 0) is 31.9 Å². The van der Waals surface area contributed by atoms with Gasteiger partial charge >= 0.3 is 6.18 Å². The Labute approximate surface area is 150 Å². The normalized spacial score (nSPS) is 15.0. The van der Waals surface area contributed by atoms with Crippen LogP contribution in [0.25, 0.3) is 0 Å². The molecule has 0 spiro atoms. The van der Waals surface area contributed by atoms with Crippen molar-refractivity contribution in [2.24, 2.45) is 0 Å². The first-order valence-electron chi connectivity index (χ1n) is 8.64. The predicted octanol–water partition coefficient (Wildman–Crippen LogP) is 2.70. The van der Waals surface area contributed by atoms with E-state index < -0.39 is 18.5 Å². The number of ether oxygens (including phenoxy) is 2. The zero-order valence-electron chi connectivity index (χ0n) is 15.0. The molecule has 1 aromatic rings. The van der Waals surface area contributed by atoms with Crippen LogP contribution in [0, 0.1) is 6.92 Å². The smallest absolute Gasteiger partial charge is 0.389 e. The fraction of sp³-hybridized carbons (Fsp3) is 0.647. The number of nitrogens with zero attached hydrogens (tertiary/aromatic N) is 2. The van der Waals surface area contributed by atoms with E-state index in [-0.39, 0.29) is 24.4 Å². The fourth-order valence-corrected chi connectivity index (χ4v) is 2.68. The highest BCUT2D eigenvalue weighted by atomic mass is 19.4. The summed E-state index contributed by atoms with van der Waals surface area (Å²) in [7, 11) is 0. The largest absolute Gasteiger partial charge is 0.477 e. The molecule has 0 saturated carbocycles. The summed E-state index contributed by atoms with van der Waals surface area (Å²) in [6.07, 6.45) is -5.32. The van der Waals surface area contributed by atoms with Gasteiger partial charge in [0.2, 0.25) is 5.88 Å². The first-order chi connectivity index (χ1) is 12.3. The number of rotatable bonds is 7. The van der Waals surface area contributed by atoms with Crippen LogP contribution in [-0.4, -0.2) is 56.5 Å². The summed E-state index contributed by atoms with van der Waals surface area (Å²) in [4.78, 5) is 18.9. The Hall–Kier alpha value is -2.03. The van der Waals surface area contributed by atoms with E-state index in [2.05, 4.69) is 10.3 Å². The molecule has 2 heterocycles. The molecule has 0 aromatic carbocycles. The monoisotopic (exact) mass is 375 g/mol. The van der Waals surface area contributed by atoms with Gasteiger partial charge in [-0.25, -0.2) is 0 Å². The van der Waals surface area contributed by atoms with Crippen LogP contribution in [0.3, 0.4) is 0 Å². The van der Waals surface area contributed by atoms with E-state index in [1.165, 1.54) is 0 Å². The number of halogens is 3. The van der Waals surface area contributed by atoms with E-state index in [0.29, 0.717) is 44.3 Å². The number of aryl methyl sites for hydroxylation is 1. The Morgan fingerprint density at radius 2 is 2.08 bits per heavy atom. The highest BCUT2D eigenvalue weighted by Crippen LogP contribution is 2.26. The molecule has 0 bridgehead atoms. The highest BCUT2D eigenvalue weighted by Gasteiger charge is 2.26. The maximum absolute atomic E-state index is 12.4. The second-order valence-corrected chi connectivity index (χ2v) is 5.98. The number of carbonyl (C=O) groups excluding carboxylic acids is 1. The second kappa shape index (κ2) is 9.07. The lowest BCUT2D eigenvalue weighted by molar-refractivity contribution is -0.135. The summed E-state index contributed by atoms with van der Waals surface area (Å²) in [5.74, 6) is 0.416. The van der Waals surface area contributed by atoms with E-state index in [0.717, 1.165) is 0 Å². The maximum atomic E-state index is 12.4. The van der Waals surface area contributed by atoms with E-state index in [1.54, 1.807) is 19.9 Å². The topological polar surface area (TPSA) is 63.7 Å². The Morgan fingerprint density at radius 3 is 2.69 bits per heavy atom. The number of aromatic nitrogens is 1. The van der Waals surface area contributed by atoms with Crippen molar-refractivity contribution in [3.63, 3.8) is 0 Å². The number of carbonyl (C=O) groups is 1. The van der Waals surface area contributed by atoms with Gasteiger partial charge in [0.15, 0.2) is 0 Å². The molecule has 0 unspecified atom stereocenters. The van der Waals surface area contributed by atoms with Crippen LogP contribution in [0.1, 0.15) is 35.7 Å². The van der Waals surface area contributed by atoms with Gasteiger partial charge in [-0.15, -0.1) is 0 Å². The van der Waals surface area contributed by atoms with Gasteiger partial charge in [0.1, 0.15) is 11.4 Å². The summed E-state index contributed by atoms with van der Waals surface area (Å²) in [5.41, 5.74) is 0.925. The first-order valence-corrected chi connectivity index (χ1v) is 8.64. The third-order valence-corrected chi connectivity index (χ3v) is 3.94. The number of nitrogens with one attached hydrogen (secondary N) is 1. The molecule has 26 heavy (non-hydrogen) atoms. The van der Waals surface area contributed by atoms with Gasteiger partial charge in [-0.2, -0.15) is 18.2 Å². The SMILES string of the molecule is CCOc1nc(N2CCOCC2)cc(C)c1C(=O)NCCCC(F)(F)F. The minimum absolute atomic E-state index is 0.0609. The molecule has 146 valence electrons. The molecule has 6 nitrogen and oxygen atoms in total. The van der Waals surface area contributed by atoms with Crippen LogP contribution in [0.15, 0.2) is 6.07 Å². The molecular weight excluding hydrogens is 351 g/mol. The summed E-state index contributed by atoms with van der Waals surface area (Å²) >= 11 is 0. The predicted molar refractivity (Wildman–Crippen MR) is 90.8 cm³/mol. The molecule has 1 amide bonds. The van der Waals surface area contributed by atoms with Crippen molar-refractivity contribution in [3.05, 3.63) is 17.2 Å². The van der Waals surface area contributed by atoms with Crippen LogP contribution in [-0.2, 0) is 4.74 Å². The Morgan fingerprint density at radius 1 is 1.38 bits per heavy atom. The molecule has 2 rings (SSSR count).